The largest absolute Gasteiger partial charge is 0.497 e. The Kier molecular flexibility index (Phi) is 7.91. The Morgan fingerprint density at radius 2 is 1.58 bits per heavy atom. The highest BCUT2D eigenvalue weighted by Gasteiger charge is 2.36. The van der Waals surface area contributed by atoms with E-state index in [1.807, 2.05) is 72.8 Å². The Morgan fingerprint density at radius 1 is 0.896 bits per heavy atom. The Morgan fingerprint density at radius 3 is 2.27 bits per heavy atom. The average Bonchev–Trinajstić information content (AvgIpc) is 3.32. The SMILES string of the molecule is COc1ccc(/C=C2/CC(C(C)(C)C)Cc3c2nc2ccccc2c3C(=O)Nc2cccc(CN3C(=O)c4ccccc4C3=O)c2)cc1. The molecule has 0 spiro atoms. The number of rotatable bonds is 6. The number of hydrogen-bond acceptors (Lipinski definition) is 5. The number of carbonyl (C=O) groups excluding carboxylic acids is 3. The van der Waals surface area contributed by atoms with Gasteiger partial charge < -0.3 is 10.1 Å². The fourth-order valence-electron chi connectivity index (χ4n) is 6.80. The fraction of sp³-hybridized carbons (Fsp3) is 0.220. The maximum Gasteiger partial charge on any atom is 0.261 e. The molecule has 4 aromatic carbocycles. The van der Waals surface area contributed by atoms with Gasteiger partial charge in [-0.1, -0.05) is 75.4 Å². The van der Waals surface area contributed by atoms with E-state index in [1.165, 1.54) is 4.90 Å². The summed E-state index contributed by atoms with van der Waals surface area (Å²) in [5.74, 6) is 0.233. The van der Waals surface area contributed by atoms with Gasteiger partial charge in [0.1, 0.15) is 5.75 Å². The number of methoxy groups -OCH3 is 1. The molecule has 3 amide bonds. The number of imide groups is 1. The maximum absolute atomic E-state index is 14.4. The second-order valence-electron chi connectivity index (χ2n) is 13.6. The summed E-state index contributed by atoms with van der Waals surface area (Å²) in [6, 6.07) is 30.0. The van der Waals surface area contributed by atoms with Crippen molar-refractivity contribution >= 4 is 46.0 Å². The zero-order valence-electron chi connectivity index (χ0n) is 27.5. The van der Waals surface area contributed by atoms with Crippen LogP contribution in [0.4, 0.5) is 5.69 Å². The number of hydrogen-bond donors (Lipinski definition) is 1. The molecule has 2 aliphatic rings. The van der Waals surface area contributed by atoms with Crippen LogP contribution in [0.3, 0.4) is 0 Å². The first-order valence-electron chi connectivity index (χ1n) is 16.2. The summed E-state index contributed by atoms with van der Waals surface area (Å²) < 4.78 is 5.37. The summed E-state index contributed by atoms with van der Waals surface area (Å²) in [6.45, 7) is 6.86. The molecule has 7 rings (SSSR count). The van der Waals surface area contributed by atoms with Gasteiger partial charge in [0, 0.05) is 11.1 Å². The van der Waals surface area contributed by atoms with Crippen molar-refractivity contribution < 1.29 is 19.1 Å². The zero-order chi connectivity index (χ0) is 33.6. The van der Waals surface area contributed by atoms with E-state index in [9.17, 15) is 14.4 Å². The molecule has 1 unspecified atom stereocenters. The van der Waals surface area contributed by atoms with Crippen molar-refractivity contribution in [1.29, 1.82) is 0 Å². The lowest BCUT2D eigenvalue weighted by Crippen LogP contribution is -2.29. The van der Waals surface area contributed by atoms with Gasteiger partial charge in [-0.3, -0.25) is 19.3 Å². The summed E-state index contributed by atoms with van der Waals surface area (Å²) >= 11 is 0. The van der Waals surface area contributed by atoms with E-state index in [4.69, 9.17) is 9.72 Å². The molecular weight excluding hydrogens is 598 g/mol. The van der Waals surface area contributed by atoms with Gasteiger partial charge in [0.2, 0.25) is 0 Å². The molecule has 7 heteroatoms. The van der Waals surface area contributed by atoms with E-state index >= 15 is 0 Å². The number of nitrogens with one attached hydrogen (secondary N) is 1. The highest BCUT2D eigenvalue weighted by molar-refractivity contribution is 6.21. The van der Waals surface area contributed by atoms with Gasteiger partial charge in [0.25, 0.3) is 17.7 Å². The lowest BCUT2D eigenvalue weighted by atomic mass is 9.69. The Balaban J connectivity index is 1.26. The second kappa shape index (κ2) is 12.2. The molecule has 1 aliphatic carbocycles. The molecule has 5 aromatic rings. The van der Waals surface area contributed by atoms with Crippen molar-refractivity contribution in [2.75, 3.05) is 12.4 Å². The minimum Gasteiger partial charge on any atom is -0.497 e. The fourth-order valence-corrected chi connectivity index (χ4v) is 6.80. The minimum atomic E-state index is -0.313. The molecule has 1 aromatic heterocycles. The van der Waals surface area contributed by atoms with Gasteiger partial charge in [0.15, 0.2) is 0 Å². The third-order valence-electron chi connectivity index (χ3n) is 9.53. The predicted octanol–water partition coefficient (Wildman–Crippen LogP) is 8.44. The number of para-hydroxylation sites is 1. The van der Waals surface area contributed by atoms with Gasteiger partial charge in [0.05, 0.1) is 41.6 Å². The molecular formula is C41H37N3O4. The topological polar surface area (TPSA) is 88.6 Å². The van der Waals surface area contributed by atoms with Crippen molar-refractivity contribution in [2.45, 2.75) is 40.2 Å². The standard InChI is InChI=1S/C41H37N3O4/c1-41(2,3)28-22-27(20-25-16-18-30(48-4)19-17-25)37-34(23-28)36(33-14-7-8-15-35(33)43-37)38(45)42-29-11-9-10-26(21-29)24-44-39(46)31-12-5-6-13-32(31)40(44)47/h5-21,28H,22-24H2,1-4H3,(H,42,45)/b27-20-. The first kappa shape index (κ1) is 31.1. The highest BCUT2D eigenvalue weighted by atomic mass is 16.5. The van der Waals surface area contributed by atoms with Gasteiger partial charge in [-0.15, -0.1) is 0 Å². The lowest BCUT2D eigenvalue weighted by molar-refractivity contribution is 0.0642. The summed E-state index contributed by atoms with van der Waals surface area (Å²) in [5, 5.41) is 3.95. The molecule has 0 fully saturated rings. The number of fused-ring (bicyclic) bond motifs is 3. The van der Waals surface area contributed by atoms with E-state index in [1.54, 1.807) is 31.4 Å². The van der Waals surface area contributed by atoms with E-state index in [2.05, 4.69) is 32.2 Å². The minimum absolute atomic E-state index is 0.00545. The van der Waals surface area contributed by atoms with Crippen molar-refractivity contribution in [3.8, 4) is 5.75 Å². The normalized spacial score (nSPS) is 16.6. The molecule has 0 radical (unpaired) electrons. The quantitative estimate of drug-likeness (QED) is 0.189. The Labute approximate surface area is 280 Å². The smallest absolute Gasteiger partial charge is 0.261 e. The molecule has 7 nitrogen and oxygen atoms in total. The zero-order valence-corrected chi connectivity index (χ0v) is 27.5. The van der Waals surface area contributed by atoms with E-state index in [0.717, 1.165) is 57.5 Å². The molecule has 1 atom stereocenters. The number of carbonyl (C=O) groups is 3. The molecule has 48 heavy (non-hydrogen) atoms. The van der Waals surface area contributed by atoms with Gasteiger partial charge >= 0.3 is 0 Å². The van der Waals surface area contributed by atoms with E-state index in [0.29, 0.717) is 22.4 Å². The highest BCUT2D eigenvalue weighted by Crippen LogP contribution is 2.45. The molecule has 1 N–H and O–H groups in total. The van der Waals surface area contributed by atoms with Crippen LogP contribution in [-0.4, -0.2) is 34.7 Å². The van der Waals surface area contributed by atoms with Crippen LogP contribution in [0.1, 0.15) is 80.7 Å². The van der Waals surface area contributed by atoms with Crippen molar-refractivity contribution in [3.05, 3.63) is 136 Å². The molecule has 0 saturated carbocycles. The molecule has 240 valence electrons. The van der Waals surface area contributed by atoms with Crippen molar-refractivity contribution in [2.24, 2.45) is 11.3 Å². The monoisotopic (exact) mass is 635 g/mol. The third kappa shape index (κ3) is 5.77. The number of amides is 3. The summed E-state index contributed by atoms with van der Waals surface area (Å²) in [4.78, 5) is 46.8. The maximum atomic E-state index is 14.4. The van der Waals surface area contributed by atoms with Crippen LogP contribution in [-0.2, 0) is 13.0 Å². The Hall–Kier alpha value is -5.56. The van der Waals surface area contributed by atoms with E-state index < -0.39 is 0 Å². The number of benzene rings is 4. The average molecular weight is 636 g/mol. The van der Waals surface area contributed by atoms with Crippen LogP contribution in [0, 0.1) is 11.3 Å². The van der Waals surface area contributed by atoms with Gasteiger partial charge in [-0.2, -0.15) is 0 Å². The number of ether oxygens (including phenoxy) is 1. The number of pyridine rings is 1. The van der Waals surface area contributed by atoms with Crippen LogP contribution in [0.5, 0.6) is 5.75 Å². The van der Waals surface area contributed by atoms with Crippen LogP contribution in [0.2, 0.25) is 0 Å². The van der Waals surface area contributed by atoms with Gasteiger partial charge in [-0.25, -0.2) is 4.98 Å². The number of aromatic nitrogens is 1. The summed E-state index contributed by atoms with van der Waals surface area (Å²) in [6.07, 6.45) is 3.75. The number of anilines is 1. The second-order valence-corrected chi connectivity index (χ2v) is 13.6. The molecule has 0 bridgehead atoms. The van der Waals surface area contributed by atoms with E-state index in [-0.39, 0.29) is 35.6 Å². The van der Waals surface area contributed by atoms with Crippen LogP contribution in [0.15, 0.2) is 97.1 Å². The molecule has 2 heterocycles. The van der Waals surface area contributed by atoms with Crippen LogP contribution < -0.4 is 10.1 Å². The first-order chi connectivity index (χ1) is 23.1. The Bertz CT molecular complexity index is 2090. The predicted molar refractivity (Wildman–Crippen MR) is 189 cm³/mol. The number of allylic oxidation sites excluding steroid dienone is 1. The molecule has 0 saturated heterocycles. The van der Waals surface area contributed by atoms with Crippen LogP contribution >= 0.6 is 0 Å². The van der Waals surface area contributed by atoms with Crippen molar-refractivity contribution in [1.82, 2.24) is 9.88 Å². The van der Waals surface area contributed by atoms with Gasteiger partial charge in [-0.05, 0) is 95.0 Å². The molecule has 1 aliphatic heterocycles. The number of nitrogens with zero attached hydrogens (tertiary/aromatic N) is 2. The lowest BCUT2D eigenvalue weighted by Gasteiger charge is -2.37. The third-order valence-corrected chi connectivity index (χ3v) is 9.53. The first-order valence-corrected chi connectivity index (χ1v) is 16.2. The van der Waals surface area contributed by atoms with Crippen molar-refractivity contribution in [3.63, 3.8) is 0 Å². The van der Waals surface area contributed by atoms with Crippen LogP contribution in [0.25, 0.3) is 22.6 Å². The summed E-state index contributed by atoms with van der Waals surface area (Å²) in [7, 11) is 1.66. The summed E-state index contributed by atoms with van der Waals surface area (Å²) in [5.41, 5.74) is 7.47.